The van der Waals surface area contributed by atoms with E-state index in [4.69, 9.17) is 9.47 Å². The van der Waals surface area contributed by atoms with Crippen LogP contribution in [0.2, 0.25) is 25.7 Å². The molecule has 1 N–H and O–H groups in total. The number of hydrogen-bond acceptors (Lipinski definition) is 6. The van der Waals surface area contributed by atoms with Gasteiger partial charge in [0.1, 0.15) is 5.75 Å². The molecule has 8 heteroatoms. The average molecular weight is 476 g/mol. The number of carbonyl (C=O) groups is 3. The van der Waals surface area contributed by atoms with Gasteiger partial charge in [0.15, 0.2) is 0 Å². The quantitative estimate of drug-likeness (QED) is 0.453. The molecule has 1 aromatic carbocycles. The minimum atomic E-state index is -1.39. The minimum Gasteiger partial charge on any atom is -0.508 e. The van der Waals surface area contributed by atoms with Crippen molar-refractivity contribution >= 4 is 25.9 Å². The van der Waals surface area contributed by atoms with Gasteiger partial charge in [0.05, 0.1) is 25.0 Å². The molecule has 0 saturated heterocycles. The number of phenols is 1. The first kappa shape index (κ1) is 25.3. The van der Waals surface area contributed by atoms with Crippen molar-refractivity contribution in [1.82, 2.24) is 4.90 Å². The average Bonchev–Trinajstić information content (AvgIpc) is 2.74. The van der Waals surface area contributed by atoms with Gasteiger partial charge in [-0.1, -0.05) is 32.6 Å². The molecular formula is C25H37NO6Si. The van der Waals surface area contributed by atoms with Gasteiger partial charge in [-0.15, -0.1) is 0 Å². The highest BCUT2D eigenvalue weighted by Gasteiger charge is 2.59. The molecule has 4 rings (SSSR count). The van der Waals surface area contributed by atoms with Gasteiger partial charge >= 0.3 is 11.9 Å². The third-order valence-electron chi connectivity index (χ3n) is 7.03. The molecule has 3 aliphatic carbocycles. The van der Waals surface area contributed by atoms with Crippen LogP contribution in [0.1, 0.15) is 49.7 Å². The second-order valence-corrected chi connectivity index (χ2v) is 16.2. The standard InChI is InChI=1S/C25H37NO6Si/c1-7-10-31-25(30)23-21-18-13-16(28)8-9-17(18)19(14-20(21)26(3)15(2)27)22(23)24(29)32-11-12-33(4,5)6/h8-9,13,19-23,28H,7,10-12,14H2,1-6H3/t19?,20?,21-,22-,23-/m1/s1. The number of amides is 1. The number of phenolic OH excluding ortho intramolecular Hbond substituents is 1. The fraction of sp³-hybridized carbons (Fsp3) is 0.640. The summed E-state index contributed by atoms with van der Waals surface area (Å²) in [5.41, 5.74) is 1.76. The smallest absolute Gasteiger partial charge is 0.310 e. The van der Waals surface area contributed by atoms with Crippen LogP contribution in [-0.4, -0.2) is 62.2 Å². The fourth-order valence-corrected chi connectivity index (χ4v) is 5.98. The first-order valence-corrected chi connectivity index (χ1v) is 15.6. The highest BCUT2D eigenvalue weighted by atomic mass is 28.3. The molecule has 1 aromatic rings. The minimum absolute atomic E-state index is 0.0977. The van der Waals surface area contributed by atoms with E-state index in [1.165, 1.54) is 6.92 Å². The molecule has 1 amide bonds. The largest absolute Gasteiger partial charge is 0.508 e. The Balaban J connectivity index is 2.04. The molecule has 5 atom stereocenters. The number of likely N-dealkylation sites (N-methyl/N-ethyl adjacent to an activating group) is 1. The maximum absolute atomic E-state index is 13.4. The fourth-order valence-electron chi connectivity index (χ4n) is 5.27. The van der Waals surface area contributed by atoms with E-state index in [0.29, 0.717) is 19.4 Å². The lowest BCUT2D eigenvalue weighted by atomic mass is 9.54. The van der Waals surface area contributed by atoms with Gasteiger partial charge in [-0.2, -0.15) is 0 Å². The first-order chi connectivity index (χ1) is 15.5. The lowest BCUT2D eigenvalue weighted by molar-refractivity contribution is -0.168. The van der Waals surface area contributed by atoms with Crippen LogP contribution in [0.15, 0.2) is 18.2 Å². The van der Waals surface area contributed by atoms with Gasteiger partial charge in [-0.3, -0.25) is 14.4 Å². The van der Waals surface area contributed by atoms with Crippen molar-refractivity contribution in [3.05, 3.63) is 29.3 Å². The van der Waals surface area contributed by atoms with E-state index in [0.717, 1.165) is 17.2 Å². The van der Waals surface area contributed by atoms with Crippen LogP contribution < -0.4 is 0 Å². The summed E-state index contributed by atoms with van der Waals surface area (Å²) in [5.74, 6) is -3.00. The molecule has 0 heterocycles. The van der Waals surface area contributed by atoms with Gasteiger partial charge in [0.2, 0.25) is 5.91 Å². The lowest BCUT2D eigenvalue weighted by Gasteiger charge is -2.53. The van der Waals surface area contributed by atoms with Gasteiger partial charge in [0, 0.05) is 39.9 Å². The summed E-state index contributed by atoms with van der Waals surface area (Å²) < 4.78 is 11.3. The Morgan fingerprint density at radius 1 is 1.06 bits per heavy atom. The lowest BCUT2D eigenvalue weighted by Crippen LogP contribution is -2.57. The van der Waals surface area contributed by atoms with Crippen LogP contribution in [0, 0.1) is 11.8 Å². The van der Waals surface area contributed by atoms with E-state index in [-0.39, 0.29) is 36.2 Å². The number of hydrogen-bond donors (Lipinski definition) is 1. The number of carbonyl (C=O) groups excluding carboxylic acids is 3. The van der Waals surface area contributed by atoms with Gasteiger partial charge in [-0.25, -0.2) is 0 Å². The Morgan fingerprint density at radius 3 is 2.30 bits per heavy atom. The molecule has 7 nitrogen and oxygen atoms in total. The molecule has 0 aliphatic heterocycles. The number of aromatic hydroxyl groups is 1. The molecule has 182 valence electrons. The molecule has 1 saturated carbocycles. The maximum atomic E-state index is 13.4. The highest BCUT2D eigenvalue weighted by molar-refractivity contribution is 6.76. The summed E-state index contributed by atoms with van der Waals surface area (Å²) >= 11 is 0. The number of benzene rings is 1. The van der Waals surface area contributed by atoms with E-state index in [1.54, 1.807) is 24.1 Å². The molecule has 2 unspecified atom stereocenters. The second kappa shape index (κ2) is 9.87. The van der Waals surface area contributed by atoms with Gasteiger partial charge in [-0.05, 0) is 42.1 Å². The normalized spacial score (nSPS) is 25.8. The number of rotatable bonds is 8. The van der Waals surface area contributed by atoms with E-state index in [2.05, 4.69) is 19.6 Å². The molecule has 3 aliphatic rings. The number of ether oxygens (including phenoxy) is 2. The van der Waals surface area contributed by atoms with Crippen molar-refractivity contribution in [1.29, 1.82) is 0 Å². The zero-order chi connectivity index (χ0) is 24.5. The topological polar surface area (TPSA) is 93.1 Å². The Kier molecular flexibility index (Phi) is 7.56. The number of nitrogens with zero attached hydrogens (tertiary/aromatic N) is 1. The van der Waals surface area contributed by atoms with Crippen molar-refractivity contribution in [2.45, 2.75) is 70.3 Å². The van der Waals surface area contributed by atoms with E-state index in [1.807, 2.05) is 13.0 Å². The van der Waals surface area contributed by atoms with Crippen LogP contribution in [0.5, 0.6) is 5.75 Å². The van der Waals surface area contributed by atoms with Crippen molar-refractivity contribution in [3.63, 3.8) is 0 Å². The molecule has 33 heavy (non-hydrogen) atoms. The molecular weight excluding hydrogens is 438 g/mol. The van der Waals surface area contributed by atoms with Crippen molar-refractivity contribution in [2.24, 2.45) is 11.8 Å². The number of esters is 2. The van der Waals surface area contributed by atoms with E-state index in [9.17, 15) is 19.5 Å². The summed E-state index contributed by atoms with van der Waals surface area (Å²) in [6.07, 6.45) is 1.23. The Hall–Kier alpha value is -2.35. The molecule has 0 spiro atoms. The van der Waals surface area contributed by atoms with Crippen molar-refractivity contribution < 1.29 is 29.0 Å². The zero-order valence-electron chi connectivity index (χ0n) is 20.6. The van der Waals surface area contributed by atoms with Crippen LogP contribution >= 0.6 is 0 Å². The Bertz CT molecular complexity index is 911. The predicted octanol–water partition coefficient (Wildman–Crippen LogP) is 3.89. The predicted molar refractivity (Wildman–Crippen MR) is 128 cm³/mol. The molecule has 2 bridgehead atoms. The van der Waals surface area contributed by atoms with Crippen LogP contribution in [0.25, 0.3) is 0 Å². The molecule has 0 aromatic heterocycles. The van der Waals surface area contributed by atoms with Gasteiger partial charge in [0.25, 0.3) is 0 Å². The number of fused-ring (bicyclic) bond motifs is 2. The van der Waals surface area contributed by atoms with Crippen molar-refractivity contribution in [3.8, 4) is 5.75 Å². The Morgan fingerprint density at radius 2 is 1.70 bits per heavy atom. The third kappa shape index (κ3) is 5.26. The van der Waals surface area contributed by atoms with Crippen LogP contribution in [-0.2, 0) is 23.9 Å². The van der Waals surface area contributed by atoms with E-state index < -0.39 is 31.8 Å². The summed E-state index contributed by atoms with van der Waals surface area (Å²) in [7, 11) is 0.338. The summed E-state index contributed by atoms with van der Waals surface area (Å²) in [5, 5.41) is 10.2. The third-order valence-corrected chi connectivity index (χ3v) is 8.73. The van der Waals surface area contributed by atoms with Crippen LogP contribution in [0.3, 0.4) is 0 Å². The SMILES string of the molecule is CCCOC(=O)[C@H]1[C@H](C(=O)OCC[Si](C)(C)C)C2CC(N(C)C(C)=O)[C@H]1c1cc(O)ccc12. The van der Waals surface area contributed by atoms with E-state index >= 15 is 0 Å². The van der Waals surface area contributed by atoms with Gasteiger partial charge < -0.3 is 19.5 Å². The van der Waals surface area contributed by atoms with Crippen molar-refractivity contribution in [2.75, 3.05) is 20.3 Å². The summed E-state index contributed by atoms with van der Waals surface area (Å²) in [4.78, 5) is 40.7. The molecule has 0 radical (unpaired) electrons. The maximum Gasteiger partial charge on any atom is 0.310 e. The zero-order valence-corrected chi connectivity index (χ0v) is 21.6. The summed E-state index contributed by atoms with van der Waals surface area (Å²) in [6, 6.07) is 5.70. The first-order valence-electron chi connectivity index (χ1n) is 11.9. The summed E-state index contributed by atoms with van der Waals surface area (Å²) in [6.45, 7) is 10.7. The molecule has 1 fully saturated rings. The highest BCUT2D eigenvalue weighted by Crippen LogP contribution is 2.58. The Labute approximate surface area is 197 Å². The second-order valence-electron chi connectivity index (χ2n) is 10.6. The monoisotopic (exact) mass is 475 g/mol. The van der Waals surface area contributed by atoms with Crippen LogP contribution in [0.4, 0.5) is 0 Å².